The molecule has 0 fully saturated rings. The predicted octanol–water partition coefficient (Wildman–Crippen LogP) is 3.10. The Morgan fingerprint density at radius 1 is 0.923 bits per heavy atom. The molecular weight excluding hydrogens is 332 g/mol. The zero-order valence-electron chi connectivity index (χ0n) is 14.4. The number of esters is 1. The number of benzene rings is 2. The highest BCUT2D eigenvalue weighted by molar-refractivity contribution is 6.28. The summed E-state index contributed by atoms with van der Waals surface area (Å²) in [5.74, 6) is -0.757. The molecule has 2 aromatic carbocycles. The number of hydrogen-bond acceptors (Lipinski definition) is 5. The van der Waals surface area contributed by atoms with E-state index in [0.717, 1.165) is 5.56 Å². The topological polar surface area (TPSA) is 69.7 Å². The van der Waals surface area contributed by atoms with Gasteiger partial charge in [0.25, 0.3) is 0 Å². The Hall–Kier alpha value is -3.05. The van der Waals surface area contributed by atoms with Gasteiger partial charge >= 0.3 is 5.97 Å². The molecule has 0 N–H and O–H groups in total. The lowest BCUT2D eigenvalue weighted by molar-refractivity contribution is -0.140. The molecule has 0 aromatic heterocycles. The molecule has 1 aliphatic rings. The molecule has 0 aliphatic heterocycles. The minimum Gasteiger partial charge on any atom is -0.460 e. The van der Waals surface area contributed by atoms with Crippen molar-refractivity contribution in [2.75, 3.05) is 13.2 Å². The first-order chi connectivity index (χ1) is 12.5. The van der Waals surface area contributed by atoms with Gasteiger partial charge in [0.2, 0.25) is 0 Å². The third kappa shape index (κ3) is 3.48. The van der Waals surface area contributed by atoms with E-state index in [0.29, 0.717) is 27.8 Å². The fraction of sp³-hybridized carbons (Fsp3) is 0.190. The summed E-state index contributed by atoms with van der Waals surface area (Å²) in [6.07, 6.45) is 0. The van der Waals surface area contributed by atoms with Gasteiger partial charge in [0.15, 0.2) is 11.6 Å². The maximum Gasteiger partial charge on any atom is 0.333 e. The van der Waals surface area contributed by atoms with Crippen molar-refractivity contribution >= 4 is 17.5 Å². The molecule has 5 heteroatoms. The highest BCUT2D eigenvalue weighted by Gasteiger charge is 2.29. The molecule has 0 spiro atoms. The van der Waals surface area contributed by atoms with Crippen LogP contribution in [0.2, 0.25) is 0 Å². The fourth-order valence-corrected chi connectivity index (χ4v) is 2.74. The Kier molecular flexibility index (Phi) is 5.09. The van der Waals surface area contributed by atoms with Crippen LogP contribution >= 0.6 is 0 Å². The summed E-state index contributed by atoms with van der Waals surface area (Å²) < 4.78 is 10.4. The van der Waals surface area contributed by atoms with Crippen molar-refractivity contribution in [1.29, 1.82) is 0 Å². The molecule has 0 atom stereocenters. The molecule has 0 heterocycles. The van der Waals surface area contributed by atoms with Gasteiger partial charge in [-0.15, -0.1) is 0 Å². The van der Waals surface area contributed by atoms with Crippen molar-refractivity contribution < 1.29 is 23.9 Å². The van der Waals surface area contributed by atoms with Gasteiger partial charge in [-0.25, -0.2) is 4.79 Å². The number of fused-ring (bicyclic) bond motifs is 2. The zero-order chi connectivity index (χ0) is 18.7. The van der Waals surface area contributed by atoms with Crippen molar-refractivity contribution in [1.82, 2.24) is 0 Å². The SMILES string of the molecule is C=C(C)C(=O)OCCOCc1ccc2c(c1)C(=O)c1ccccc1C2=O. The molecular formula is C21H18O5. The minimum atomic E-state index is -0.454. The van der Waals surface area contributed by atoms with Gasteiger partial charge in [0, 0.05) is 27.8 Å². The van der Waals surface area contributed by atoms with Gasteiger partial charge in [0.1, 0.15) is 6.61 Å². The van der Waals surface area contributed by atoms with E-state index in [-0.39, 0.29) is 31.4 Å². The predicted molar refractivity (Wildman–Crippen MR) is 95.2 cm³/mol. The first-order valence-corrected chi connectivity index (χ1v) is 8.21. The second-order valence-electron chi connectivity index (χ2n) is 6.05. The summed E-state index contributed by atoms with van der Waals surface area (Å²) in [7, 11) is 0. The molecule has 0 radical (unpaired) electrons. The van der Waals surface area contributed by atoms with Crippen LogP contribution in [0.5, 0.6) is 0 Å². The second kappa shape index (κ2) is 7.45. The average molecular weight is 350 g/mol. The molecule has 132 valence electrons. The molecule has 2 aromatic rings. The molecule has 0 saturated carbocycles. The Labute approximate surface area is 151 Å². The van der Waals surface area contributed by atoms with E-state index >= 15 is 0 Å². The summed E-state index contributed by atoms with van der Waals surface area (Å²) in [4.78, 5) is 36.5. The van der Waals surface area contributed by atoms with Crippen LogP contribution in [-0.2, 0) is 20.9 Å². The van der Waals surface area contributed by atoms with E-state index in [9.17, 15) is 14.4 Å². The Bertz CT molecular complexity index is 910. The first-order valence-electron chi connectivity index (χ1n) is 8.21. The third-order valence-corrected chi connectivity index (χ3v) is 4.07. The number of hydrogen-bond donors (Lipinski definition) is 0. The number of ether oxygens (including phenoxy) is 2. The van der Waals surface area contributed by atoms with Gasteiger partial charge in [-0.05, 0) is 24.6 Å². The maximum atomic E-state index is 12.7. The molecule has 0 saturated heterocycles. The van der Waals surface area contributed by atoms with Gasteiger partial charge in [0.05, 0.1) is 13.2 Å². The minimum absolute atomic E-state index is 0.126. The number of carbonyl (C=O) groups is 3. The maximum absolute atomic E-state index is 12.7. The molecule has 26 heavy (non-hydrogen) atoms. The summed E-state index contributed by atoms with van der Waals surface area (Å²) in [5.41, 5.74) is 2.78. The number of carbonyl (C=O) groups excluding carboxylic acids is 3. The lowest BCUT2D eigenvalue weighted by atomic mass is 9.83. The average Bonchev–Trinajstić information content (AvgIpc) is 2.65. The normalized spacial score (nSPS) is 12.3. The summed E-state index contributed by atoms with van der Waals surface area (Å²) >= 11 is 0. The van der Waals surface area contributed by atoms with Crippen molar-refractivity contribution in [3.63, 3.8) is 0 Å². The van der Waals surface area contributed by atoms with Crippen molar-refractivity contribution in [2.24, 2.45) is 0 Å². The van der Waals surface area contributed by atoms with Crippen LogP contribution < -0.4 is 0 Å². The molecule has 0 bridgehead atoms. The van der Waals surface area contributed by atoms with Gasteiger partial charge in [-0.1, -0.05) is 36.9 Å². The van der Waals surface area contributed by atoms with E-state index in [1.54, 1.807) is 49.4 Å². The zero-order valence-corrected chi connectivity index (χ0v) is 14.4. The molecule has 1 aliphatic carbocycles. The third-order valence-electron chi connectivity index (χ3n) is 4.07. The van der Waals surface area contributed by atoms with Crippen LogP contribution in [0.15, 0.2) is 54.6 Å². The van der Waals surface area contributed by atoms with Gasteiger partial charge < -0.3 is 9.47 Å². The van der Waals surface area contributed by atoms with E-state index in [1.807, 2.05) is 0 Å². The number of ketones is 2. The molecule has 5 nitrogen and oxygen atoms in total. The number of rotatable bonds is 6. The molecule has 3 rings (SSSR count). The monoisotopic (exact) mass is 350 g/mol. The Balaban J connectivity index is 1.66. The summed E-state index contributed by atoms with van der Waals surface area (Å²) in [6.45, 7) is 5.68. The molecule has 0 unspecified atom stereocenters. The highest BCUT2D eigenvalue weighted by atomic mass is 16.6. The lowest BCUT2D eigenvalue weighted by Gasteiger charge is -2.18. The standard InChI is InChI=1S/C21H18O5/c1-13(2)21(24)26-10-9-25-12-14-7-8-17-18(11-14)20(23)16-6-4-3-5-15(16)19(17)22/h3-8,11H,1,9-10,12H2,2H3. The highest BCUT2D eigenvalue weighted by Crippen LogP contribution is 2.27. The molecule has 0 amide bonds. The first kappa shape index (κ1) is 17.8. The van der Waals surface area contributed by atoms with Crippen molar-refractivity contribution in [3.05, 3.63) is 82.4 Å². The van der Waals surface area contributed by atoms with Crippen molar-refractivity contribution in [2.45, 2.75) is 13.5 Å². The van der Waals surface area contributed by atoms with Crippen LogP contribution in [0.25, 0.3) is 0 Å². The lowest BCUT2D eigenvalue weighted by Crippen LogP contribution is -2.21. The Morgan fingerprint density at radius 2 is 1.54 bits per heavy atom. The van der Waals surface area contributed by atoms with E-state index in [4.69, 9.17) is 9.47 Å². The van der Waals surface area contributed by atoms with Gasteiger partial charge in [-0.2, -0.15) is 0 Å². The van der Waals surface area contributed by atoms with Crippen LogP contribution in [0.4, 0.5) is 0 Å². The largest absolute Gasteiger partial charge is 0.460 e. The quantitative estimate of drug-likeness (QED) is 0.388. The van der Waals surface area contributed by atoms with Crippen LogP contribution in [0.1, 0.15) is 44.3 Å². The fourth-order valence-electron chi connectivity index (χ4n) is 2.74. The van der Waals surface area contributed by atoms with Crippen LogP contribution in [-0.4, -0.2) is 30.7 Å². The Morgan fingerprint density at radius 3 is 2.19 bits per heavy atom. The second-order valence-corrected chi connectivity index (χ2v) is 6.05. The van der Waals surface area contributed by atoms with E-state index < -0.39 is 5.97 Å². The van der Waals surface area contributed by atoms with E-state index in [2.05, 4.69) is 6.58 Å². The van der Waals surface area contributed by atoms with Crippen LogP contribution in [0, 0.1) is 0 Å². The smallest absolute Gasteiger partial charge is 0.333 e. The van der Waals surface area contributed by atoms with E-state index in [1.165, 1.54) is 0 Å². The summed E-state index contributed by atoms with van der Waals surface area (Å²) in [5, 5.41) is 0. The summed E-state index contributed by atoms with van der Waals surface area (Å²) in [6, 6.07) is 11.9. The van der Waals surface area contributed by atoms with Crippen LogP contribution in [0.3, 0.4) is 0 Å². The van der Waals surface area contributed by atoms with Gasteiger partial charge in [-0.3, -0.25) is 9.59 Å². The van der Waals surface area contributed by atoms with Crippen molar-refractivity contribution in [3.8, 4) is 0 Å².